The first-order valence-corrected chi connectivity index (χ1v) is 7.08. The van der Waals surface area contributed by atoms with Gasteiger partial charge in [0.15, 0.2) is 0 Å². The van der Waals surface area contributed by atoms with Crippen LogP contribution in [0.1, 0.15) is 25.0 Å². The molecule has 1 N–H and O–H groups in total. The zero-order valence-electron chi connectivity index (χ0n) is 11.7. The highest BCUT2D eigenvalue weighted by Crippen LogP contribution is 2.15. The molecule has 0 saturated heterocycles. The van der Waals surface area contributed by atoms with Crippen LogP contribution in [0.3, 0.4) is 0 Å². The summed E-state index contributed by atoms with van der Waals surface area (Å²) >= 11 is 5.74. The summed E-state index contributed by atoms with van der Waals surface area (Å²) in [5.41, 5.74) is 1.68. The van der Waals surface area contributed by atoms with Gasteiger partial charge in [0.25, 0.3) is 0 Å². The second-order valence-corrected chi connectivity index (χ2v) is 5.74. The summed E-state index contributed by atoms with van der Waals surface area (Å²) in [6.45, 7) is 6.49. The second-order valence-electron chi connectivity index (χ2n) is 5.31. The molecule has 0 bridgehead atoms. The number of halogens is 2. The maximum absolute atomic E-state index is 13.7. The first-order valence-electron chi connectivity index (χ1n) is 6.70. The fourth-order valence-electron chi connectivity index (χ4n) is 1.91. The van der Waals surface area contributed by atoms with Crippen molar-refractivity contribution in [3.05, 3.63) is 52.6 Å². The number of hydrogen-bond acceptors (Lipinski definition) is 2. The van der Waals surface area contributed by atoms with Crippen molar-refractivity contribution < 1.29 is 4.39 Å². The van der Waals surface area contributed by atoms with Gasteiger partial charge in [-0.2, -0.15) is 5.10 Å². The molecule has 1 heterocycles. The maximum Gasteiger partial charge on any atom is 0.129 e. The molecule has 0 saturated carbocycles. The molecule has 2 aromatic rings. The van der Waals surface area contributed by atoms with E-state index >= 15 is 0 Å². The lowest BCUT2D eigenvalue weighted by Crippen LogP contribution is -2.18. The van der Waals surface area contributed by atoms with Gasteiger partial charge >= 0.3 is 0 Å². The highest BCUT2D eigenvalue weighted by Gasteiger charge is 2.05. The number of benzene rings is 1. The van der Waals surface area contributed by atoms with E-state index in [-0.39, 0.29) is 5.82 Å². The van der Waals surface area contributed by atoms with Crippen LogP contribution in [-0.2, 0) is 13.1 Å². The summed E-state index contributed by atoms with van der Waals surface area (Å²) < 4.78 is 15.4. The Morgan fingerprint density at radius 3 is 2.90 bits per heavy atom. The predicted molar refractivity (Wildman–Crippen MR) is 79.3 cm³/mol. The summed E-state index contributed by atoms with van der Waals surface area (Å²) in [5, 5.41) is 8.01. The first kappa shape index (κ1) is 15.0. The van der Waals surface area contributed by atoms with E-state index in [1.165, 1.54) is 6.07 Å². The molecule has 108 valence electrons. The smallest absolute Gasteiger partial charge is 0.129 e. The molecule has 0 atom stereocenters. The molecular weight excluding hydrogens is 277 g/mol. The SMILES string of the molecule is CC(C)CNCc1cnn(Cc2ccc(Cl)cc2F)c1. The molecule has 0 aliphatic rings. The Bertz CT molecular complexity index is 566. The van der Waals surface area contributed by atoms with Crippen LogP contribution in [0.2, 0.25) is 5.02 Å². The zero-order valence-corrected chi connectivity index (χ0v) is 12.5. The Morgan fingerprint density at radius 2 is 2.20 bits per heavy atom. The van der Waals surface area contributed by atoms with Gasteiger partial charge < -0.3 is 5.32 Å². The molecule has 0 fully saturated rings. The number of hydrogen-bond donors (Lipinski definition) is 1. The van der Waals surface area contributed by atoms with Crippen LogP contribution >= 0.6 is 11.6 Å². The first-order chi connectivity index (χ1) is 9.54. The van der Waals surface area contributed by atoms with Gasteiger partial charge in [-0.25, -0.2) is 4.39 Å². The molecule has 0 radical (unpaired) electrons. The fourth-order valence-corrected chi connectivity index (χ4v) is 2.07. The van der Waals surface area contributed by atoms with Crippen LogP contribution in [0.4, 0.5) is 4.39 Å². The van der Waals surface area contributed by atoms with E-state index in [2.05, 4.69) is 24.3 Å². The minimum absolute atomic E-state index is 0.299. The van der Waals surface area contributed by atoms with Crippen LogP contribution in [-0.4, -0.2) is 16.3 Å². The monoisotopic (exact) mass is 295 g/mol. The van der Waals surface area contributed by atoms with Crippen LogP contribution in [0.25, 0.3) is 0 Å². The third-order valence-electron chi connectivity index (χ3n) is 2.92. The molecule has 2 rings (SSSR count). The van der Waals surface area contributed by atoms with Crippen molar-refractivity contribution in [1.82, 2.24) is 15.1 Å². The highest BCUT2D eigenvalue weighted by molar-refractivity contribution is 6.30. The Morgan fingerprint density at radius 1 is 1.40 bits per heavy atom. The summed E-state index contributed by atoms with van der Waals surface area (Å²) in [5.74, 6) is 0.320. The van der Waals surface area contributed by atoms with E-state index in [0.717, 1.165) is 18.7 Å². The van der Waals surface area contributed by atoms with Gasteiger partial charge in [-0.3, -0.25) is 4.68 Å². The van der Waals surface area contributed by atoms with E-state index in [0.29, 0.717) is 23.0 Å². The van der Waals surface area contributed by atoms with Crippen molar-refractivity contribution in [2.45, 2.75) is 26.9 Å². The highest BCUT2D eigenvalue weighted by atomic mass is 35.5. The van der Waals surface area contributed by atoms with Gasteiger partial charge in [0.2, 0.25) is 0 Å². The quantitative estimate of drug-likeness (QED) is 0.884. The summed E-state index contributed by atoms with van der Waals surface area (Å²) in [4.78, 5) is 0. The number of nitrogens with zero attached hydrogens (tertiary/aromatic N) is 2. The Labute approximate surface area is 123 Å². The minimum Gasteiger partial charge on any atom is -0.312 e. The van der Waals surface area contributed by atoms with Gasteiger partial charge in [0.05, 0.1) is 12.7 Å². The van der Waals surface area contributed by atoms with Gasteiger partial charge in [0, 0.05) is 28.9 Å². The lowest BCUT2D eigenvalue weighted by molar-refractivity contribution is 0.551. The summed E-state index contributed by atoms with van der Waals surface area (Å²) in [6, 6.07) is 4.70. The standard InChI is InChI=1S/C15H19ClFN3/c1-11(2)6-18-7-12-8-19-20(9-12)10-13-3-4-14(16)5-15(13)17/h3-5,8-9,11,18H,6-7,10H2,1-2H3. The van der Waals surface area contributed by atoms with E-state index in [1.54, 1.807) is 23.0 Å². The van der Waals surface area contributed by atoms with E-state index in [9.17, 15) is 4.39 Å². The van der Waals surface area contributed by atoms with Crippen molar-refractivity contribution >= 4 is 11.6 Å². The van der Waals surface area contributed by atoms with E-state index in [1.807, 2.05) is 6.20 Å². The van der Waals surface area contributed by atoms with Gasteiger partial charge in [-0.1, -0.05) is 31.5 Å². The van der Waals surface area contributed by atoms with Crippen LogP contribution in [0.15, 0.2) is 30.6 Å². The van der Waals surface area contributed by atoms with Crippen molar-refractivity contribution in [3.8, 4) is 0 Å². The van der Waals surface area contributed by atoms with Gasteiger partial charge in [-0.15, -0.1) is 0 Å². The lowest BCUT2D eigenvalue weighted by Gasteiger charge is -2.05. The largest absolute Gasteiger partial charge is 0.312 e. The minimum atomic E-state index is -0.299. The van der Waals surface area contributed by atoms with Crippen LogP contribution in [0.5, 0.6) is 0 Å². The average Bonchev–Trinajstić information content (AvgIpc) is 2.80. The molecule has 20 heavy (non-hydrogen) atoms. The van der Waals surface area contributed by atoms with Crippen LogP contribution in [0, 0.1) is 11.7 Å². The molecule has 0 spiro atoms. The Hall–Kier alpha value is -1.39. The summed E-state index contributed by atoms with van der Waals surface area (Å²) in [6.07, 6.45) is 3.74. The third-order valence-corrected chi connectivity index (χ3v) is 3.15. The molecule has 0 amide bonds. The molecule has 0 aliphatic heterocycles. The Balaban J connectivity index is 1.95. The van der Waals surface area contributed by atoms with Gasteiger partial charge in [0.1, 0.15) is 5.82 Å². The molecule has 0 aliphatic carbocycles. The maximum atomic E-state index is 13.7. The predicted octanol–water partition coefficient (Wildman–Crippen LogP) is 3.47. The molecule has 1 aromatic heterocycles. The lowest BCUT2D eigenvalue weighted by atomic mass is 10.2. The van der Waals surface area contributed by atoms with E-state index < -0.39 is 0 Å². The van der Waals surface area contributed by atoms with Crippen LogP contribution < -0.4 is 5.32 Å². The second kappa shape index (κ2) is 6.86. The molecular formula is C15H19ClFN3. The van der Waals surface area contributed by atoms with E-state index in [4.69, 9.17) is 11.6 Å². The van der Waals surface area contributed by atoms with Crippen molar-refractivity contribution in [2.75, 3.05) is 6.54 Å². The normalized spacial score (nSPS) is 11.2. The van der Waals surface area contributed by atoms with Crippen molar-refractivity contribution in [3.63, 3.8) is 0 Å². The fraction of sp³-hybridized carbons (Fsp3) is 0.400. The van der Waals surface area contributed by atoms with Gasteiger partial charge in [-0.05, 0) is 24.6 Å². The number of aromatic nitrogens is 2. The molecule has 1 aromatic carbocycles. The summed E-state index contributed by atoms with van der Waals surface area (Å²) in [7, 11) is 0. The number of nitrogens with one attached hydrogen (secondary N) is 1. The van der Waals surface area contributed by atoms with Crippen molar-refractivity contribution in [1.29, 1.82) is 0 Å². The van der Waals surface area contributed by atoms with Crippen molar-refractivity contribution in [2.24, 2.45) is 5.92 Å². The third kappa shape index (κ3) is 4.32. The zero-order chi connectivity index (χ0) is 14.5. The topological polar surface area (TPSA) is 29.9 Å². The molecule has 3 nitrogen and oxygen atoms in total. The number of rotatable bonds is 6. The average molecular weight is 296 g/mol. The Kier molecular flexibility index (Phi) is 5.15. The molecule has 0 unspecified atom stereocenters. The molecule has 5 heteroatoms.